The first-order valence-corrected chi connectivity index (χ1v) is 6.79. The number of nitrogens with zero attached hydrogens (tertiary/aromatic N) is 3. The standard InChI is InChI=1S/C14H18N4O2/c1-2-3-8-16-12(19)4-5-13-17-14(18-20-13)11-6-9-15-10-7-11/h6-7,9-10H,2-5,8H2,1H3,(H,16,19). The van der Waals surface area contributed by atoms with Crippen LogP contribution in [0.2, 0.25) is 0 Å². The topological polar surface area (TPSA) is 80.9 Å². The molecule has 0 unspecified atom stereocenters. The van der Waals surface area contributed by atoms with E-state index < -0.39 is 0 Å². The Morgan fingerprint density at radius 2 is 2.15 bits per heavy atom. The summed E-state index contributed by atoms with van der Waals surface area (Å²) >= 11 is 0. The van der Waals surface area contributed by atoms with Crippen molar-refractivity contribution < 1.29 is 9.32 Å². The Kier molecular flexibility index (Phi) is 5.23. The van der Waals surface area contributed by atoms with Gasteiger partial charge in [-0.2, -0.15) is 4.98 Å². The summed E-state index contributed by atoms with van der Waals surface area (Å²) in [5.41, 5.74) is 0.849. The lowest BCUT2D eigenvalue weighted by atomic mass is 10.2. The quantitative estimate of drug-likeness (QED) is 0.781. The first kappa shape index (κ1) is 14.2. The molecule has 0 aliphatic carbocycles. The molecule has 0 saturated heterocycles. The van der Waals surface area contributed by atoms with Crippen molar-refractivity contribution >= 4 is 5.91 Å². The summed E-state index contributed by atoms with van der Waals surface area (Å²) in [6.07, 6.45) is 6.23. The van der Waals surface area contributed by atoms with E-state index in [-0.39, 0.29) is 5.91 Å². The van der Waals surface area contributed by atoms with Crippen LogP contribution in [0.25, 0.3) is 11.4 Å². The molecule has 0 aliphatic heterocycles. The molecule has 0 atom stereocenters. The Balaban J connectivity index is 1.83. The molecule has 2 aromatic rings. The van der Waals surface area contributed by atoms with Crippen LogP contribution >= 0.6 is 0 Å². The predicted molar refractivity (Wildman–Crippen MR) is 73.8 cm³/mol. The molecule has 6 heteroatoms. The van der Waals surface area contributed by atoms with E-state index in [1.165, 1.54) is 0 Å². The highest BCUT2D eigenvalue weighted by Crippen LogP contribution is 2.14. The van der Waals surface area contributed by atoms with Crippen LogP contribution in [0.15, 0.2) is 29.0 Å². The van der Waals surface area contributed by atoms with Crippen LogP contribution in [0, 0.1) is 0 Å². The molecule has 2 aromatic heterocycles. The molecule has 1 amide bonds. The minimum atomic E-state index is 0.0158. The fourth-order valence-electron chi connectivity index (χ4n) is 1.69. The van der Waals surface area contributed by atoms with E-state index in [0.29, 0.717) is 24.6 Å². The molecular weight excluding hydrogens is 256 g/mol. The number of hydrogen-bond acceptors (Lipinski definition) is 5. The number of amides is 1. The minimum Gasteiger partial charge on any atom is -0.356 e. The summed E-state index contributed by atoms with van der Waals surface area (Å²) in [4.78, 5) is 19.8. The third kappa shape index (κ3) is 4.15. The number of rotatable bonds is 7. The van der Waals surface area contributed by atoms with Gasteiger partial charge in [-0.15, -0.1) is 0 Å². The number of pyridine rings is 1. The van der Waals surface area contributed by atoms with E-state index in [1.54, 1.807) is 12.4 Å². The molecule has 2 heterocycles. The Hall–Kier alpha value is -2.24. The van der Waals surface area contributed by atoms with E-state index >= 15 is 0 Å². The van der Waals surface area contributed by atoms with Crippen molar-refractivity contribution in [2.45, 2.75) is 32.6 Å². The van der Waals surface area contributed by atoms with E-state index in [1.807, 2.05) is 12.1 Å². The first-order valence-electron chi connectivity index (χ1n) is 6.79. The van der Waals surface area contributed by atoms with Crippen molar-refractivity contribution in [3.8, 4) is 11.4 Å². The van der Waals surface area contributed by atoms with Gasteiger partial charge in [0.05, 0.1) is 0 Å². The van der Waals surface area contributed by atoms with Crippen LogP contribution in [0.4, 0.5) is 0 Å². The minimum absolute atomic E-state index is 0.0158. The lowest BCUT2D eigenvalue weighted by Gasteiger charge is -2.01. The van der Waals surface area contributed by atoms with Crippen LogP contribution < -0.4 is 5.32 Å². The van der Waals surface area contributed by atoms with Gasteiger partial charge in [-0.3, -0.25) is 9.78 Å². The van der Waals surface area contributed by atoms with E-state index in [0.717, 1.165) is 24.9 Å². The van der Waals surface area contributed by atoms with Crippen molar-refractivity contribution in [3.63, 3.8) is 0 Å². The summed E-state index contributed by atoms with van der Waals surface area (Å²) in [7, 11) is 0. The van der Waals surface area contributed by atoms with Gasteiger partial charge < -0.3 is 9.84 Å². The Morgan fingerprint density at radius 1 is 1.35 bits per heavy atom. The monoisotopic (exact) mass is 274 g/mol. The van der Waals surface area contributed by atoms with Gasteiger partial charge in [-0.1, -0.05) is 18.5 Å². The Labute approximate surface area is 117 Å². The average Bonchev–Trinajstić information content (AvgIpc) is 2.95. The second-order valence-corrected chi connectivity index (χ2v) is 4.45. The van der Waals surface area contributed by atoms with Crippen LogP contribution in [-0.2, 0) is 11.2 Å². The zero-order valence-corrected chi connectivity index (χ0v) is 11.5. The molecule has 0 spiro atoms. The molecule has 0 fully saturated rings. The van der Waals surface area contributed by atoms with Crippen molar-refractivity contribution in [1.82, 2.24) is 20.4 Å². The van der Waals surface area contributed by atoms with Gasteiger partial charge >= 0.3 is 0 Å². The zero-order valence-electron chi connectivity index (χ0n) is 11.5. The fraction of sp³-hybridized carbons (Fsp3) is 0.429. The fourth-order valence-corrected chi connectivity index (χ4v) is 1.69. The molecule has 2 rings (SSSR count). The highest BCUT2D eigenvalue weighted by atomic mass is 16.5. The number of carbonyl (C=O) groups is 1. The molecule has 0 radical (unpaired) electrons. The van der Waals surface area contributed by atoms with Gasteiger partial charge in [0.25, 0.3) is 0 Å². The van der Waals surface area contributed by atoms with Gasteiger partial charge in [0.2, 0.25) is 17.6 Å². The molecule has 1 N–H and O–H groups in total. The van der Waals surface area contributed by atoms with E-state index in [2.05, 4.69) is 27.4 Å². The summed E-state index contributed by atoms with van der Waals surface area (Å²) in [6.45, 7) is 2.81. The van der Waals surface area contributed by atoms with Gasteiger partial charge in [-0.25, -0.2) is 0 Å². The smallest absolute Gasteiger partial charge is 0.227 e. The second kappa shape index (κ2) is 7.37. The number of hydrogen-bond donors (Lipinski definition) is 1. The summed E-state index contributed by atoms with van der Waals surface area (Å²) in [5.74, 6) is 1.01. The maximum Gasteiger partial charge on any atom is 0.227 e. The van der Waals surface area contributed by atoms with Crippen LogP contribution in [0.3, 0.4) is 0 Å². The van der Waals surface area contributed by atoms with Gasteiger partial charge in [0.1, 0.15) is 0 Å². The number of carbonyl (C=O) groups excluding carboxylic acids is 1. The zero-order chi connectivity index (χ0) is 14.2. The van der Waals surface area contributed by atoms with Crippen molar-refractivity contribution in [1.29, 1.82) is 0 Å². The maximum atomic E-state index is 11.6. The summed E-state index contributed by atoms with van der Waals surface area (Å²) in [5, 5.41) is 6.75. The molecule has 20 heavy (non-hydrogen) atoms. The van der Waals surface area contributed by atoms with E-state index in [9.17, 15) is 4.79 Å². The van der Waals surface area contributed by atoms with Crippen LogP contribution in [0.5, 0.6) is 0 Å². The SMILES string of the molecule is CCCCNC(=O)CCc1nc(-c2ccncc2)no1. The molecule has 0 aliphatic rings. The normalized spacial score (nSPS) is 10.4. The molecule has 0 aromatic carbocycles. The van der Waals surface area contributed by atoms with Gasteiger partial charge in [-0.05, 0) is 18.6 Å². The predicted octanol–water partition coefficient (Wildman–Crippen LogP) is 1.98. The second-order valence-electron chi connectivity index (χ2n) is 4.45. The van der Waals surface area contributed by atoms with Crippen LogP contribution in [0.1, 0.15) is 32.1 Å². The number of aryl methyl sites for hydroxylation is 1. The highest BCUT2D eigenvalue weighted by molar-refractivity contribution is 5.75. The molecule has 0 saturated carbocycles. The lowest BCUT2D eigenvalue weighted by molar-refractivity contribution is -0.121. The molecule has 0 bridgehead atoms. The van der Waals surface area contributed by atoms with Gasteiger partial charge in [0.15, 0.2) is 0 Å². The number of unbranched alkanes of at least 4 members (excludes halogenated alkanes) is 1. The van der Waals surface area contributed by atoms with Crippen molar-refractivity contribution in [2.24, 2.45) is 0 Å². The third-order valence-corrected chi connectivity index (χ3v) is 2.83. The van der Waals surface area contributed by atoms with Crippen molar-refractivity contribution in [3.05, 3.63) is 30.4 Å². The summed E-state index contributed by atoms with van der Waals surface area (Å²) in [6, 6.07) is 3.62. The average molecular weight is 274 g/mol. The Morgan fingerprint density at radius 3 is 2.90 bits per heavy atom. The highest BCUT2D eigenvalue weighted by Gasteiger charge is 2.10. The molecule has 106 valence electrons. The summed E-state index contributed by atoms with van der Waals surface area (Å²) < 4.78 is 5.13. The third-order valence-electron chi connectivity index (χ3n) is 2.83. The molecular formula is C14H18N4O2. The number of aromatic nitrogens is 3. The first-order chi connectivity index (χ1) is 9.79. The molecule has 6 nitrogen and oxygen atoms in total. The largest absolute Gasteiger partial charge is 0.356 e. The van der Waals surface area contributed by atoms with Crippen molar-refractivity contribution in [2.75, 3.05) is 6.54 Å². The number of nitrogens with one attached hydrogen (secondary N) is 1. The lowest BCUT2D eigenvalue weighted by Crippen LogP contribution is -2.24. The van der Waals surface area contributed by atoms with Gasteiger partial charge in [0, 0.05) is 37.3 Å². The van der Waals surface area contributed by atoms with Crippen LogP contribution in [-0.4, -0.2) is 27.6 Å². The Bertz CT molecular complexity index is 539. The van der Waals surface area contributed by atoms with E-state index in [4.69, 9.17) is 4.52 Å². The maximum absolute atomic E-state index is 11.6.